The average Bonchev–Trinajstić information content (AvgIpc) is 1.33. The van der Waals surface area contributed by atoms with Crippen molar-refractivity contribution >= 4 is 20.9 Å². The van der Waals surface area contributed by atoms with Crippen LogP contribution in [0.15, 0.2) is 0 Å². The molecule has 0 fully saturated rings. The van der Waals surface area contributed by atoms with Crippen LogP contribution in [0.1, 0.15) is 0 Å². The molecule has 7 heavy (non-hydrogen) atoms. The van der Waals surface area contributed by atoms with Crippen LogP contribution in [0, 0.1) is 10.1 Å². The second-order valence-electron chi connectivity index (χ2n) is 0.306. The molecule has 7 heteroatoms. The van der Waals surface area contributed by atoms with Gasteiger partial charge in [-0.25, -0.2) is 0 Å². The van der Waals surface area contributed by atoms with Crippen molar-refractivity contribution in [3.63, 3.8) is 0 Å². The molecule has 1 N–H and O–H groups in total. The van der Waals surface area contributed by atoms with Gasteiger partial charge < -0.3 is 5.21 Å². The maximum absolute atomic E-state index is 8.50. The van der Waals surface area contributed by atoms with E-state index in [2.05, 4.69) is 0 Å². The van der Waals surface area contributed by atoms with Gasteiger partial charge in [0.2, 0.25) is 0 Å². The predicted molar refractivity (Wildman–Crippen MR) is 15.9 cm³/mol. The summed E-state index contributed by atoms with van der Waals surface area (Å²) in [4.78, 5) is 8.36. The van der Waals surface area contributed by atoms with Gasteiger partial charge in [0.25, 0.3) is 5.09 Å². The first-order chi connectivity index (χ1) is 3.15. The summed E-state index contributed by atoms with van der Waals surface area (Å²) in [6.45, 7) is 0. The Labute approximate surface area is 48.1 Å². The molecule has 0 aromatic carbocycles. The standard InChI is InChI=1S/HNO3.O2Te/c2-1(3)4;1-3-2/h(H,2,3,4);. The molecule has 0 aromatic heterocycles. The van der Waals surface area contributed by atoms with Crippen molar-refractivity contribution in [2.75, 3.05) is 0 Å². The third-order valence-corrected chi connectivity index (χ3v) is 0. The summed E-state index contributed by atoms with van der Waals surface area (Å²) in [6, 6.07) is 0. The summed E-state index contributed by atoms with van der Waals surface area (Å²) >= 11 is -2.03. The normalized spacial score (nSPS) is 5.14. The van der Waals surface area contributed by atoms with E-state index in [1.165, 1.54) is 0 Å². The summed E-state index contributed by atoms with van der Waals surface area (Å²) in [6.07, 6.45) is 0. The molecule has 0 amide bonds. The maximum atomic E-state index is 8.50. The number of hydrogen-bond donors (Lipinski definition) is 1. The Hall–Kier alpha value is -0.410. The first-order valence-electron chi connectivity index (χ1n) is 0.898. The Morgan fingerprint density at radius 1 is 1.57 bits per heavy atom. The van der Waals surface area contributed by atoms with E-state index in [0.717, 1.165) is 0 Å². The fourth-order valence-corrected chi connectivity index (χ4v) is 0. The molecule has 0 aliphatic heterocycles. The Bertz CT molecular complexity index is 76.1. The molecule has 0 radical (unpaired) electrons. The van der Waals surface area contributed by atoms with Crippen molar-refractivity contribution < 1.29 is 16.5 Å². The summed E-state index contributed by atoms with van der Waals surface area (Å²) < 4.78 is 17.0. The van der Waals surface area contributed by atoms with Gasteiger partial charge in [-0.05, 0) is 0 Å². The van der Waals surface area contributed by atoms with Gasteiger partial charge in [0.1, 0.15) is 0 Å². The second kappa shape index (κ2) is 9.14. The van der Waals surface area contributed by atoms with Crippen molar-refractivity contribution in [2.45, 2.75) is 0 Å². The zero-order chi connectivity index (χ0) is 6.28. The quantitative estimate of drug-likeness (QED) is 0.323. The van der Waals surface area contributed by atoms with Crippen LogP contribution in [0.2, 0.25) is 0 Å². The van der Waals surface area contributed by atoms with E-state index in [4.69, 9.17) is 21.5 Å². The minimum atomic E-state index is -2.03. The first-order valence-corrected chi connectivity index (χ1v) is 2.80. The van der Waals surface area contributed by atoms with E-state index in [9.17, 15) is 0 Å². The van der Waals surface area contributed by atoms with Crippen molar-refractivity contribution in [1.29, 1.82) is 0 Å². The Balaban J connectivity index is 0. The predicted octanol–water partition coefficient (Wildman–Crippen LogP) is -0.966. The number of rotatable bonds is 0. The second-order valence-corrected chi connectivity index (χ2v) is 0.694. The van der Waals surface area contributed by atoms with Crippen molar-refractivity contribution in [3.05, 3.63) is 10.1 Å². The van der Waals surface area contributed by atoms with Gasteiger partial charge in [0.15, 0.2) is 0 Å². The van der Waals surface area contributed by atoms with Gasteiger partial charge in [-0.2, -0.15) is 0 Å². The van der Waals surface area contributed by atoms with E-state index in [-0.39, 0.29) is 0 Å². The summed E-state index contributed by atoms with van der Waals surface area (Å²) in [5, 5.41) is 13.6. The number of hydrogen-bond acceptors (Lipinski definition) is 4. The molecule has 0 saturated heterocycles. The average molecular weight is 223 g/mol. The van der Waals surface area contributed by atoms with Crippen LogP contribution in [0.4, 0.5) is 0 Å². The number of nitrogens with zero attached hydrogens (tertiary/aromatic N) is 1. The molecule has 42 valence electrons. The fourth-order valence-electron chi connectivity index (χ4n) is 0. The van der Waals surface area contributed by atoms with Crippen LogP contribution in [0.5, 0.6) is 0 Å². The molecule has 0 aromatic rings. The van der Waals surface area contributed by atoms with Crippen LogP contribution in [0.3, 0.4) is 0 Å². The van der Waals surface area contributed by atoms with Crippen LogP contribution >= 0.6 is 0 Å². The summed E-state index contributed by atoms with van der Waals surface area (Å²) in [5.74, 6) is 0. The van der Waals surface area contributed by atoms with Gasteiger partial charge in [-0.1, -0.05) is 0 Å². The van der Waals surface area contributed by atoms with Gasteiger partial charge in [0, 0.05) is 0 Å². The van der Waals surface area contributed by atoms with Crippen LogP contribution in [0.25, 0.3) is 0 Å². The zero-order valence-electron chi connectivity index (χ0n) is 2.94. The van der Waals surface area contributed by atoms with Gasteiger partial charge in [-0.3, -0.25) is 0 Å². The Kier molecular flexibility index (Phi) is 12.8. The van der Waals surface area contributed by atoms with Crippen LogP contribution in [-0.2, 0) is 6.21 Å². The molecule has 0 aliphatic carbocycles. The Morgan fingerprint density at radius 3 is 1.57 bits per heavy atom. The zero-order valence-corrected chi connectivity index (χ0v) is 5.27. The third kappa shape index (κ3) is 428. The molecular weight excluding hydrogens is 222 g/mol. The molecular formula is HNO5Te. The molecule has 0 unspecified atom stereocenters. The third-order valence-electron chi connectivity index (χ3n) is 0. The van der Waals surface area contributed by atoms with E-state index in [0.29, 0.717) is 0 Å². The van der Waals surface area contributed by atoms with Gasteiger partial charge in [-0.15, -0.1) is 10.1 Å². The van der Waals surface area contributed by atoms with Crippen molar-refractivity contribution in [1.82, 2.24) is 0 Å². The monoisotopic (exact) mass is 225 g/mol. The minimum absolute atomic E-state index is 1.50. The molecule has 0 bridgehead atoms. The molecule has 0 atom stereocenters. The van der Waals surface area contributed by atoms with E-state index in [1.54, 1.807) is 0 Å². The van der Waals surface area contributed by atoms with Crippen LogP contribution in [-0.4, -0.2) is 31.2 Å². The van der Waals surface area contributed by atoms with Gasteiger partial charge >= 0.3 is 27.1 Å². The topological polar surface area (TPSA) is 97.5 Å². The Morgan fingerprint density at radius 2 is 1.57 bits per heavy atom. The van der Waals surface area contributed by atoms with Crippen LogP contribution < -0.4 is 0 Å². The van der Waals surface area contributed by atoms with E-state index >= 15 is 0 Å². The van der Waals surface area contributed by atoms with Crippen molar-refractivity contribution in [3.8, 4) is 0 Å². The van der Waals surface area contributed by atoms with E-state index < -0.39 is 26.0 Å². The van der Waals surface area contributed by atoms with Gasteiger partial charge in [0.05, 0.1) is 0 Å². The SMILES string of the molecule is O=[N+]([O-])O.O=[Te]=O. The molecule has 0 heterocycles. The molecule has 0 spiro atoms. The van der Waals surface area contributed by atoms with Crippen molar-refractivity contribution in [2.24, 2.45) is 0 Å². The fraction of sp³-hybridized carbons (Fsp3) is 0. The summed E-state index contributed by atoms with van der Waals surface area (Å²) in [7, 11) is 0. The molecule has 0 aliphatic rings. The van der Waals surface area contributed by atoms with E-state index in [1.807, 2.05) is 0 Å². The molecule has 0 saturated carbocycles. The summed E-state index contributed by atoms with van der Waals surface area (Å²) in [5.41, 5.74) is 0. The first kappa shape index (κ1) is 9.77. The molecule has 6 nitrogen and oxygen atoms in total. The molecule has 0 rings (SSSR count).